The summed E-state index contributed by atoms with van der Waals surface area (Å²) in [7, 11) is 1.04. The molecule has 0 saturated carbocycles. The molecule has 2 aromatic heterocycles. The summed E-state index contributed by atoms with van der Waals surface area (Å²) in [5.41, 5.74) is 3.80. The maximum absolute atomic E-state index is 13.2. The maximum Gasteiger partial charge on any atom is 0.270 e. The first-order chi connectivity index (χ1) is 15.8. The van der Waals surface area contributed by atoms with E-state index in [0.717, 1.165) is 22.5 Å². The van der Waals surface area contributed by atoms with Gasteiger partial charge in [0.15, 0.2) is 0 Å². The number of carbonyl (C=O) groups is 1. The van der Waals surface area contributed by atoms with Crippen LogP contribution in [0, 0.1) is 0 Å². The summed E-state index contributed by atoms with van der Waals surface area (Å²) in [6, 6.07) is 21.0. The summed E-state index contributed by atoms with van der Waals surface area (Å²) in [5.74, 6) is -0.290. The van der Waals surface area contributed by atoms with Crippen LogP contribution in [0.1, 0.15) is 16.1 Å². The molecule has 0 bridgehead atoms. The van der Waals surface area contributed by atoms with Crippen molar-refractivity contribution in [3.63, 3.8) is 0 Å². The zero-order chi connectivity index (χ0) is 23.6. The number of carbonyl (C=O) groups excluding carboxylic acids is 1. The second-order valence-electron chi connectivity index (χ2n) is 7.69. The smallest absolute Gasteiger partial charge is 0.270 e. The minimum Gasteiger partial charge on any atom is -0.345 e. The number of nitrogens with one attached hydrogen (secondary N) is 1. The largest absolute Gasteiger partial charge is 0.345 e. The molecule has 4 aromatic rings. The summed E-state index contributed by atoms with van der Waals surface area (Å²) in [6.45, 7) is 0.301. The van der Waals surface area contributed by atoms with Crippen molar-refractivity contribution in [2.75, 3.05) is 14.1 Å². The van der Waals surface area contributed by atoms with Crippen LogP contribution < -0.4 is 4.72 Å². The van der Waals surface area contributed by atoms with Gasteiger partial charge in [-0.25, -0.2) is 17.8 Å². The third kappa shape index (κ3) is 4.59. The highest BCUT2D eigenvalue weighted by atomic mass is 32.2. The summed E-state index contributed by atoms with van der Waals surface area (Å²) in [6.07, 6.45) is 3.35. The van der Waals surface area contributed by atoms with Gasteiger partial charge >= 0.3 is 0 Å². The molecule has 0 aliphatic rings. The number of rotatable bonds is 7. The van der Waals surface area contributed by atoms with Gasteiger partial charge < -0.3 is 9.47 Å². The molecule has 2 aromatic carbocycles. The minimum absolute atomic E-state index is 0.0473. The molecular formula is C24H25N5O3S. The molecule has 4 rings (SSSR count). The Hall–Kier alpha value is -3.69. The van der Waals surface area contributed by atoms with Crippen molar-refractivity contribution in [3.05, 3.63) is 90.4 Å². The molecule has 0 aliphatic heterocycles. The van der Waals surface area contributed by atoms with Gasteiger partial charge in [-0.15, -0.1) is 0 Å². The van der Waals surface area contributed by atoms with Crippen LogP contribution in [0.2, 0.25) is 0 Å². The van der Waals surface area contributed by atoms with Gasteiger partial charge in [-0.05, 0) is 25.2 Å². The maximum atomic E-state index is 13.2. The first-order valence-electron chi connectivity index (χ1n) is 10.3. The van der Waals surface area contributed by atoms with Crippen LogP contribution in [-0.4, -0.2) is 47.7 Å². The molecule has 0 aliphatic carbocycles. The van der Waals surface area contributed by atoms with E-state index in [-0.39, 0.29) is 16.5 Å². The number of aromatic nitrogens is 3. The number of amides is 1. The fourth-order valence-electron chi connectivity index (χ4n) is 3.61. The van der Waals surface area contributed by atoms with E-state index in [1.165, 1.54) is 23.9 Å². The van der Waals surface area contributed by atoms with Crippen molar-refractivity contribution in [3.8, 4) is 16.9 Å². The van der Waals surface area contributed by atoms with Crippen LogP contribution in [-0.2, 0) is 23.6 Å². The number of hydrogen-bond acceptors (Lipinski definition) is 4. The normalized spacial score (nSPS) is 11.5. The zero-order valence-corrected chi connectivity index (χ0v) is 19.5. The topological polar surface area (TPSA) is 89.2 Å². The van der Waals surface area contributed by atoms with Crippen LogP contribution in [0.4, 0.5) is 0 Å². The fraction of sp³-hybridized carbons (Fsp3) is 0.167. The summed E-state index contributed by atoms with van der Waals surface area (Å²) in [5, 5.41) is 4.79. The lowest BCUT2D eigenvalue weighted by atomic mass is 10.1. The Labute approximate surface area is 193 Å². The fourth-order valence-corrected chi connectivity index (χ4v) is 4.41. The van der Waals surface area contributed by atoms with Crippen molar-refractivity contribution in [2.45, 2.75) is 11.4 Å². The highest BCUT2D eigenvalue weighted by Gasteiger charge is 2.23. The predicted molar refractivity (Wildman–Crippen MR) is 126 cm³/mol. The van der Waals surface area contributed by atoms with Gasteiger partial charge in [0.25, 0.3) is 5.91 Å². The molecule has 1 amide bonds. The summed E-state index contributed by atoms with van der Waals surface area (Å²) < 4.78 is 29.9. The van der Waals surface area contributed by atoms with Crippen LogP contribution in [0.3, 0.4) is 0 Å². The molecule has 0 atom stereocenters. The lowest BCUT2D eigenvalue weighted by Crippen LogP contribution is -2.27. The van der Waals surface area contributed by atoms with Gasteiger partial charge in [-0.1, -0.05) is 48.5 Å². The van der Waals surface area contributed by atoms with Gasteiger partial charge in [0, 0.05) is 44.2 Å². The Kier molecular flexibility index (Phi) is 6.17. The number of aryl methyl sites for hydroxylation is 1. The van der Waals surface area contributed by atoms with E-state index in [4.69, 9.17) is 5.10 Å². The highest BCUT2D eigenvalue weighted by molar-refractivity contribution is 7.89. The minimum atomic E-state index is -3.64. The highest BCUT2D eigenvalue weighted by Crippen LogP contribution is 2.25. The molecule has 9 heteroatoms. The first-order valence-corrected chi connectivity index (χ1v) is 11.8. The number of nitrogens with zero attached hydrogens (tertiary/aromatic N) is 4. The van der Waals surface area contributed by atoms with Crippen LogP contribution in [0.15, 0.2) is 84.0 Å². The Morgan fingerprint density at radius 3 is 2.30 bits per heavy atom. The van der Waals surface area contributed by atoms with E-state index in [1.54, 1.807) is 23.7 Å². The quantitative estimate of drug-likeness (QED) is 0.456. The van der Waals surface area contributed by atoms with E-state index < -0.39 is 10.0 Å². The number of hydrogen-bond donors (Lipinski definition) is 1. The molecule has 0 radical (unpaired) electrons. The predicted octanol–water partition coefficient (Wildman–Crippen LogP) is 3.06. The monoisotopic (exact) mass is 463 g/mol. The average Bonchev–Trinajstić information content (AvgIpc) is 3.44. The van der Waals surface area contributed by atoms with Crippen molar-refractivity contribution in [2.24, 2.45) is 7.05 Å². The average molecular weight is 464 g/mol. The van der Waals surface area contributed by atoms with E-state index >= 15 is 0 Å². The van der Waals surface area contributed by atoms with Gasteiger partial charge in [0.2, 0.25) is 10.0 Å². The number of sulfonamides is 1. The van der Waals surface area contributed by atoms with E-state index in [1.807, 2.05) is 66.9 Å². The van der Waals surface area contributed by atoms with Crippen molar-refractivity contribution < 1.29 is 13.2 Å². The molecular weight excluding hydrogens is 438 g/mol. The molecule has 0 fully saturated rings. The number of benzene rings is 2. The van der Waals surface area contributed by atoms with Gasteiger partial charge in [0.1, 0.15) is 10.6 Å². The van der Waals surface area contributed by atoms with E-state index in [9.17, 15) is 13.2 Å². The molecule has 8 nitrogen and oxygen atoms in total. The van der Waals surface area contributed by atoms with Gasteiger partial charge in [-0.3, -0.25) is 4.79 Å². The molecule has 170 valence electrons. The summed E-state index contributed by atoms with van der Waals surface area (Å²) >= 11 is 0. The lowest BCUT2D eigenvalue weighted by molar-refractivity contribution is 0.0776. The third-order valence-corrected chi connectivity index (χ3v) is 6.77. The van der Waals surface area contributed by atoms with E-state index in [2.05, 4.69) is 4.72 Å². The molecule has 33 heavy (non-hydrogen) atoms. The Morgan fingerprint density at radius 1 is 1.03 bits per heavy atom. The number of para-hydroxylation sites is 1. The third-order valence-electron chi connectivity index (χ3n) is 5.39. The Morgan fingerprint density at radius 2 is 1.67 bits per heavy atom. The molecule has 0 unspecified atom stereocenters. The SMILES string of the molecule is CNS(=O)(=O)c1cc(C(=O)N(C)Cc2cn(-c3ccccc3)nc2-c2ccccc2)n(C)c1. The van der Waals surface area contributed by atoms with Gasteiger partial charge in [0.05, 0.1) is 11.4 Å². The standard InChI is InChI=1S/C24H25N5O3S/c1-25-33(31,32)21-14-22(27(2)17-21)24(30)28(3)15-19-16-29(20-12-8-5-9-13-20)26-23(19)18-10-6-4-7-11-18/h4-14,16-17,25H,15H2,1-3H3. The second kappa shape index (κ2) is 9.05. The van der Waals surface area contributed by atoms with Gasteiger partial charge in [-0.2, -0.15) is 5.10 Å². The molecule has 2 heterocycles. The Balaban J connectivity index is 1.67. The van der Waals surface area contributed by atoms with Crippen molar-refractivity contribution >= 4 is 15.9 Å². The Bertz CT molecular complexity index is 1380. The van der Waals surface area contributed by atoms with Crippen LogP contribution >= 0.6 is 0 Å². The van der Waals surface area contributed by atoms with Crippen molar-refractivity contribution in [1.29, 1.82) is 0 Å². The van der Waals surface area contributed by atoms with Crippen molar-refractivity contribution in [1.82, 2.24) is 24.0 Å². The van der Waals surface area contributed by atoms with E-state index in [0.29, 0.717) is 6.54 Å². The molecule has 1 N–H and O–H groups in total. The first kappa shape index (κ1) is 22.5. The zero-order valence-electron chi connectivity index (χ0n) is 18.6. The second-order valence-corrected chi connectivity index (χ2v) is 9.58. The lowest BCUT2D eigenvalue weighted by Gasteiger charge is -2.17. The van der Waals surface area contributed by atoms with Crippen LogP contribution in [0.5, 0.6) is 0 Å². The van der Waals surface area contributed by atoms with Crippen LogP contribution in [0.25, 0.3) is 16.9 Å². The molecule has 0 saturated heterocycles. The molecule has 0 spiro atoms. The summed E-state index contributed by atoms with van der Waals surface area (Å²) in [4.78, 5) is 14.8.